The van der Waals surface area contributed by atoms with Gasteiger partial charge in [0.05, 0.1) is 13.2 Å². The van der Waals surface area contributed by atoms with Gasteiger partial charge in [0, 0.05) is 12.1 Å². The zero-order valence-corrected chi connectivity index (χ0v) is 14.3. The molecule has 0 aliphatic carbocycles. The molecule has 0 bridgehead atoms. The first-order valence-electron chi connectivity index (χ1n) is 8.23. The maximum Gasteiger partial charge on any atom is 0.119 e. The lowest BCUT2D eigenvalue weighted by Crippen LogP contribution is -2.15. The lowest BCUT2D eigenvalue weighted by Gasteiger charge is -2.23. The van der Waals surface area contributed by atoms with Crippen LogP contribution in [0.3, 0.4) is 0 Å². The summed E-state index contributed by atoms with van der Waals surface area (Å²) in [5.74, 6) is 1.75. The monoisotopic (exact) mass is 313 g/mol. The first kappa shape index (κ1) is 17.2. The molecule has 0 aromatic heterocycles. The molecular formula is C20H27NO2. The van der Waals surface area contributed by atoms with Gasteiger partial charge in [0.1, 0.15) is 11.5 Å². The normalized spacial score (nSPS) is 11.3. The summed E-state index contributed by atoms with van der Waals surface area (Å²) in [5, 5.41) is 0. The molecule has 0 saturated heterocycles. The Balaban J connectivity index is 1.71. The van der Waals surface area contributed by atoms with E-state index < -0.39 is 0 Å². The number of hydrogen-bond donors (Lipinski definition) is 1. The molecule has 0 radical (unpaired) electrons. The van der Waals surface area contributed by atoms with E-state index in [1.54, 1.807) is 0 Å². The van der Waals surface area contributed by atoms with Crippen LogP contribution in [-0.4, -0.2) is 13.2 Å². The highest BCUT2D eigenvalue weighted by Gasteiger charge is 2.17. The van der Waals surface area contributed by atoms with Gasteiger partial charge in [-0.2, -0.15) is 0 Å². The average molecular weight is 313 g/mol. The SMILES string of the molecule is CCC(C)(C)c1ccc(OCCCOc2ccc(N)cc2)cc1. The van der Waals surface area contributed by atoms with Gasteiger partial charge in [-0.3, -0.25) is 0 Å². The number of nitrogens with two attached hydrogens (primary N) is 1. The molecule has 0 heterocycles. The van der Waals surface area contributed by atoms with E-state index in [9.17, 15) is 0 Å². The third kappa shape index (κ3) is 5.20. The van der Waals surface area contributed by atoms with Crippen LogP contribution in [0.1, 0.15) is 39.2 Å². The number of benzene rings is 2. The van der Waals surface area contributed by atoms with Crippen molar-refractivity contribution in [3.63, 3.8) is 0 Å². The van der Waals surface area contributed by atoms with Crippen molar-refractivity contribution in [1.29, 1.82) is 0 Å². The van der Waals surface area contributed by atoms with Crippen LogP contribution in [0, 0.1) is 0 Å². The number of rotatable bonds is 8. The molecule has 0 unspecified atom stereocenters. The van der Waals surface area contributed by atoms with Crippen LogP contribution < -0.4 is 15.2 Å². The Morgan fingerprint density at radius 3 is 1.78 bits per heavy atom. The Bertz CT molecular complexity index is 588. The molecule has 0 aliphatic heterocycles. The van der Waals surface area contributed by atoms with Crippen molar-refractivity contribution >= 4 is 5.69 Å². The van der Waals surface area contributed by atoms with Crippen molar-refractivity contribution in [1.82, 2.24) is 0 Å². The standard InChI is InChI=1S/C20H27NO2/c1-4-20(2,3)16-6-10-18(11-7-16)22-14-5-15-23-19-12-8-17(21)9-13-19/h6-13H,4-5,14-15,21H2,1-3H3. The van der Waals surface area contributed by atoms with Crippen molar-refractivity contribution in [2.75, 3.05) is 18.9 Å². The highest BCUT2D eigenvalue weighted by atomic mass is 16.5. The van der Waals surface area contributed by atoms with Crippen LogP contribution >= 0.6 is 0 Å². The lowest BCUT2D eigenvalue weighted by atomic mass is 9.82. The molecule has 0 spiro atoms. The molecule has 124 valence electrons. The molecule has 0 fully saturated rings. The topological polar surface area (TPSA) is 44.5 Å². The maximum atomic E-state index is 5.76. The third-order valence-electron chi connectivity index (χ3n) is 4.23. The molecule has 3 heteroatoms. The number of ether oxygens (including phenoxy) is 2. The summed E-state index contributed by atoms with van der Waals surface area (Å²) in [4.78, 5) is 0. The molecule has 0 aliphatic rings. The van der Waals surface area contributed by atoms with Gasteiger partial charge < -0.3 is 15.2 Å². The second kappa shape index (κ2) is 7.91. The van der Waals surface area contributed by atoms with E-state index in [4.69, 9.17) is 15.2 Å². The van der Waals surface area contributed by atoms with Gasteiger partial charge in [-0.05, 0) is 53.8 Å². The van der Waals surface area contributed by atoms with Crippen molar-refractivity contribution in [2.45, 2.75) is 39.0 Å². The molecule has 3 nitrogen and oxygen atoms in total. The minimum atomic E-state index is 0.214. The largest absolute Gasteiger partial charge is 0.493 e. The molecule has 2 N–H and O–H groups in total. The predicted molar refractivity (Wildman–Crippen MR) is 96.2 cm³/mol. The zero-order chi connectivity index (χ0) is 16.7. The molecule has 2 rings (SSSR count). The van der Waals surface area contributed by atoms with Gasteiger partial charge in [0.15, 0.2) is 0 Å². The quantitative estimate of drug-likeness (QED) is 0.562. The fourth-order valence-corrected chi connectivity index (χ4v) is 2.21. The van der Waals surface area contributed by atoms with Crippen molar-refractivity contribution in [2.24, 2.45) is 0 Å². The third-order valence-corrected chi connectivity index (χ3v) is 4.23. The summed E-state index contributed by atoms with van der Waals surface area (Å²) >= 11 is 0. The number of hydrogen-bond acceptors (Lipinski definition) is 3. The lowest BCUT2D eigenvalue weighted by molar-refractivity contribution is 0.247. The van der Waals surface area contributed by atoms with Crippen molar-refractivity contribution in [3.8, 4) is 11.5 Å². The molecule has 0 amide bonds. The van der Waals surface area contributed by atoms with E-state index in [1.807, 2.05) is 36.4 Å². The number of nitrogen functional groups attached to an aromatic ring is 1. The van der Waals surface area contributed by atoms with Crippen LogP contribution in [0.4, 0.5) is 5.69 Å². The van der Waals surface area contributed by atoms with E-state index >= 15 is 0 Å². The number of anilines is 1. The Labute approximate surface area is 139 Å². The van der Waals surface area contributed by atoms with E-state index in [0.29, 0.717) is 13.2 Å². The first-order chi connectivity index (χ1) is 11.0. The smallest absolute Gasteiger partial charge is 0.119 e. The van der Waals surface area contributed by atoms with Gasteiger partial charge in [0.25, 0.3) is 0 Å². The van der Waals surface area contributed by atoms with Gasteiger partial charge in [0.2, 0.25) is 0 Å². The van der Waals surface area contributed by atoms with Crippen molar-refractivity contribution in [3.05, 3.63) is 54.1 Å². The van der Waals surface area contributed by atoms with Gasteiger partial charge in [-0.1, -0.05) is 32.9 Å². The molecule has 23 heavy (non-hydrogen) atoms. The fraction of sp³-hybridized carbons (Fsp3) is 0.400. The van der Waals surface area contributed by atoms with E-state index in [-0.39, 0.29) is 5.41 Å². The minimum absolute atomic E-state index is 0.214. The Morgan fingerprint density at radius 2 is 1.30 bits per heavy atom. The van der Waals surface area contributed by atoms with Gasteiger partial charge in [-0.15, -0.1) is 0 Å². The summed E-state index contributed by atoms with van der Waals surface area (Å²) in [7, 11) is 0. The molecule has 0 atom stereocenters. The van der Waals surface area contributed by atoms with Crippen LogP contribution in [-0.2, 0) is 5.41 Å². The Morgan fingerprint density at radius 1 is 0.826 bits per heavy atom. The average Bonchev–Trinajstić information content (AvgIpc) is 2.57. The summed E-state index contributed by atoms with van der Waals surface area (Å²) in [6.07, 6.45) is 1.96. The molecule has 2 aromatic rings. The van der Waals surface area contributed by atoms with Crippen LogP contribution in [0.15, 0.2) is 48.5 Å². The summed E-state index contributed by atoms with van der Waals surface area (Å²) in [5.41, 5.74) is 7.94. The van der Waals surface area contributed by atoms with E-state index in [1.165, 1.54) is 5.56 Å². The summed E-state index contributed by atoms with van der Waals surface area (Å²) in [6, 6.07) is 15.8. The van der Waals surface area contributed by atoms with Crippen LogP contribution in [0.2, 0.25) is 0 Å². The second-order valence-electron chi connectivity index (χ2n) is 6.38. The predicted octanol–water partition coefficient (Wildman–Crippen LogP) is 4.80. The van der Waals surface area contributed by atoms with Crippen LogP contribution in [0.5, 0.6) is 11.5 Å². The van der Waals surface area contributed by atoms with E-state index in [2.05, 4.69) is 32.9 Å². The highest BCUT2D eigenvalue weighted by Crippen LogP contribution is 2.28. The first-order valence-corrected chi connectivity index (χ1v) is 8.23. The van der Waals surface area contributed by atoms with Crippen molar-refractivity contribution < 1.29 is 9.47 Å². The molecule has 2 aromatic carbocycles. The van der Waals surface area contributed by atoms with Gasteiger partial charge in [-0.25, -0.2) is 0 Å². The van der Waals surface area contributed by atoms with Crippen LogP contribution in [0.25, 0.3) is 0 Å². The molecular weight excluding hydrogens is 286 g/mol. The minimum Gasteiger partial charge on any atom is -0.493 e. The highest BCUT2D eigenvalue weighted by molar-refractivity contribution is 5.41. The maximum absolute atomic E-state index is 5.76. The zero-order valence-electron chi connectivity index (χ0n) is 14.3. The van der Waals surface area contributed by atoms with Gasteiger partial charge >= 0.3 is 0 Å². The Hall–Kier alpha value is -2.16. The summed E-state index contributed by atoms with van der Waals surface area (Å²) < 4.78 is 11.4. The molecule has 0 saturated carbocycles. The summed E-state index contributed by atoms with van der Waals surface area (Å²) in [6.45, 7) is 8.01. The second-order valence-corrected chi connectivity index (χ2v) is 6.38. The fourth-order valence-electron chi connectivity index (χ4n) is 2.21. The Kier molecular flexibility index (Phi) is 5.91. The van der Waals surface area contributed by atoms with E-state index in [0.717, 1.165) is 30.0 Å².